The Morgan fingerprint density at radius 2 is 1.72 bits per heavy atom. The first-order valence-electron chi connectivity index (χ1n) is 10.4. The average molecular weight is 442 g/mol. The monoisotopic (exact) mass is 442 g/mol. The summed E-state index contributed by atoms with van der Waals surface area (Å²) in [5.74, 6) is 0.518. The number of ether oxygens (including phenoxy) is 4. The first-order valence-corrected chi connectivity index (χ1v) is 10.4. The van der Waals surface area contributed by atoms with Gasteiger partial charge < -0.3 is 29.6 Å². The molecule has 0 unspecified atom stereocenters. The van der Waals surface area contributed by atoms with Crippen molar-refractivity contribution in [2.45, 2.75) is 13.3 Å². The summed E-state index contributed by atoms with van der Waals surface area (Å²) in [6.45, 7) is 3.07. The second-order valence-electron chi connectivity index (χ2n) is 6.88. The van der Waals surface area contributed by atoms with E-state index in [1.54, 1.807) is 24.3 Å². The second kappa shape index (κ2) is 11.6. The van der Waals surface area contributed by atoms with Crippen LogP contribution in [-0.2, 0) is 20.7 Å². The number of carbonyl (C=O) groups excluding carboxylic acids is 3. The molecule has 0 atom stereocenters. The molecule has 1 aliphatic heterocycles. The van der Waals surface area contributed by atoms with Crippen molar-refractivity contribution < 1.29 is 33.3 Å². The SMILES string of the molecule is CCOc1ccc(C(=O)NCC(=O)OCC(=O)NCCc2ccc3c(c2)OCCO3)cc1. The molecule has 3 rings (SSSR count). The normalized spacial score (nSPS) is 11.9. The fourth-order valence-electron chi connectivity index (χ4n) is 2.96. The minimum atomic E-state index is -0.703. The number of rotatable bonds is 10. The quantitative estimate of drug-likeness (QED) is 0.536. The molecule has 0 spiro atoms. The Bertz CT molecular complexity index is 944. The number of esters is 1. The highest BCUT2D eigenvalue weighted by Crippen LogP contribution is 2.30. The van der Waals surface area contributed by atoms with E-state index in [2.05, 4.69) is 10.6 Å². The van der Waals surface area contributed by atoms with Gasteiger partial charge in [0, 0.05) is 12.1 Å². The summed E-state index contributed by atoms with van der Waals surface area (Å²) >= 11 is 0. The topological polar surface area (TPSA) is 112 Å². The molecule has 2 aromatic carbocycles. The summed E-state index contributed by atoms with van der Waals surface area (Å²) in [5, 5.41) is 5.14. The molecule has 0 saturated carbocycles. The average Bonchev–Trinajstić information content (AvgIpc) is 2.82. The molecule has 170 valence electrons. The Kier molecular flexibility index (Phi) is 8.30. The van der Waals surface area contributed by atoms with Crippen molar-refractivity contribution in [3.63, 3.8) is 0 Å². The van der Waals surface area contributed by atoms with Crippen molar-refractivity contribution in [3.05, 3.63) is 53.6 Å². The molecule has 9 heteroatoms. The molecule has 0 radical (unpaired) electrons. The predicted octanol–water partition coefficient (Wildman–Crippen LogP) is 1.49. The molecule has 1 heterocycles. The van der Waals surface area contributed by atoms with Gasteiger partial charge in [-0.15, -0.1) is 0 Å². The number of carbonyl (C=O) groups is 3. The zero-order valence-corrected chi connectivity index (χ0v) is 17.8. The van der Waals surface area contributed by atoms with Crippen LogP contribution < -0.4 is 24.8 Å². The predicted molar refractivity (Wildman–Crippen MR) is 115 cm³/mol. The fourth-order valence-corrected chi connectivity index (χ4v) is 2.96. The van der Waals surface area contributed by atoms with E-state index in [9.17, 15) is 14.4 Å². The summed E-state index contributed by atoms with van der Waals surface area (Å²) < 4.78 is 21.2. The van der Waals surface area contributed by atoms with Gasteiger partial charge in [-0.3, -0.25) is 14.4 Å². The van der Waals surface area contributed by atoms with E-state index >= 15 is 0 Å². The molecule has 9 nitrogen and oxygen atoms in total. The number of hydrogen-bond acceptors (Lipinski definition) is 7. The lowest BCUT2D eigenvalue weighted by Crippen LogP contribution is -2.34. The Hall–Kier alpha value is -3.75. The van der Waals surface area contributed by atoms with Crippen molar-refractivity contribution in [2.75, 3.05) is 39.5 Å². The van der Waals surface area contributed by atoms with Crippen molar-refractivity contribution in [1.29, 1.82) is 0 Å². The molecule has 0 aliphatic carbocycles. The number of benzene rings is 2. The van der Waals surface area contributed by atoms with Gasteiger partial charge in [-0.05, 0) is 55.3 Å². The number of hydrogen-bond donors (Lipinski definition) is 2. The van der Waals surface area contributed by atoms with Gasteiger partial charge in [-0.25, -0.2) is 0 Å². The maximum Gasteiger partial charge on any atom is 0.325 e. The van der Waals surface area contributed by atoms with Gasteiger partial charge >= 0.3 is 5.97 Å². The van der Waals surface area contributed by atoms with Crippen LogP contribution in [0.25, 0.3) is 0 Å². The lowest BCUT2D eigenvalue weighted by Gasteiger charge is -2.18. The summed E-state index contributed by atoms with van der Waals surface area (Å²) in [6, 6.07) is 12.2. The molecule has 0 bridgehead atoms. The molecule has 2 N–H and O–H groups in total. The lowest BCUT2D eigenvalue weighted by molar-refractivity contribution is -0.147. The first-order chi connectivity index (χ1) is 15.5. The molecular formula is C23H26N2O7. The maximum atomic E-state index is 12.1. The minimum absolute atomic E-state index is 0.337. The zero-order valence-electron chi connectivity index (χ0n) is 17.8. The maximum absolute atomic E-state index is 12.1. The second-order valence-corrected chi connectivity index (χ2v) is 6.88. The van der Waals surface area contributed by atoms with Gasteiger partial charge in [0.15, 0.2) is 18.1 Å². The summed E-state index contributed by atoms with van der Waals surface area (Å²) in [5.41, 5.74) is 1.38. The smallest absolute Gasteiger partial charge is 0.325 e. The highest BCUT2D eigenvalue weighted by atomic mass is 16.6. The van der Waals surface area contributed by atoms with E-state index in [0.717, 1.165) is 5.56 Å². The molecule has 2 aromatic rings. The molecule has 0 saturated heterocycles. The van der Waals surface area contributed by atoms with Crippen molar-refractivity contribution in [2.24, 2.45) is 0 Å². The third kappa shape index (κ3) is 6.90. The van der Waals surface area contributed by atoms with Crippen LogP contribution in [0.1, 0.15) is 22.8 Å². The van der Waals surface area contributed by atoms with E-state index in [1.807, 2.05) is 25.1 Å². The van der Waals surface area contributed by atoms with E-state index in [4.69, 9.17) is 18.9 Å². The Morgan fingerprint density at radius 1 is 0.969 bits per heavy atom. The van der Waals surface area contributed by atoms with E-state index in [-0.39, 0.29) is 6.54 Å². The van der Waals surface area contributed by atoms with Crippen LogP contribution in [0.5, 0.6) is 17.2 Å². The van der Waals surface area contributed by atoms with Crippen molar-refractivity contribution in [1.82, 2.24) is 10.6 Å². The standard InChI is InChI=1S/C23H26N2O7/c1-2-29-18-6-4-17(5-7-18)23(28)25-14-22(27)32-15-21(26)24-10-9-16-3-8-19-20(13-16)31-12-11-30-19/h3-8,13H,2,9-12,14-15H2,1H3,(H,24,26)(H,25,28). The van der Waals surface area contributed by atoms with Gasteiger partial charge in [0.2, 0.25) is 0 Å². The first kappa shape index (κ1) is 22.9. The van der Waals surface area contributed by atoms with E-state index < -0.39 is 24.4 Å². The van der Waals surface area contributed by atoms with Crippen LogP contribution in [-0.4, -0.2) is 57.3 Å². The third-order valence-electron chi connectivity index (χ3n) is 4.53. The molecule has 0 fully saturated rings. The van der Waals surface area contributed by atoms with E-state index in [0.29, 0.717) is 55.6 Å². The summed E-state index contributed by atoms with van der Waals surface area (Å²) in [4.78, 5) is 35.7. The lowest BCUT2D eigenvalue weighted by atomic mass is 10.1. The van der Waals surface area contributed by atoms with Gasteiger partial charge in [0.25, 0.3) is 11.8 Å². The summed E-state index contributed by atoms with van der Waals surface area (Å²) in [7, 11) is 0. The van der Waals surface area contributed by atoms with Crippen LogP contribution in [0, 0.1) is 0 Å². The van der Waals surface area contributed by atoms with Crippen LogP contribution >= 0.6 is 0 Å². The Labute approximate surface area is 186 Å². The molecule has 32 heavy (non-hydrogen) atoms. The van der Waals surface area contributed by atoms with Crippen molar-refractivity contribution >= 4 is 17.8 Å². The molecular weight excluding hydrogens is 416 g/mol. The van der Waals surface area contributed by atoms with Crippen LogP contribution in [0.2, 0.25) is 0 Å². The van der Waals surface area contributed by atoms with Crippen LogP contribution in [0.4, 0.5) is 0 Å². The largest absolute Gasteiger partial charge is 0.494 e. The molecule has 1 aliphatic rings. The number of fused-ring (bicyclic) bond motifs is 1. The van der Waals surface area contributed by atoms with Gasteiger partial charge in [-0.1, -0.05) is 6.07 Å². The van der Waals surface area contributed by atoms with Crippen LogP contribution in [0.3, 0.4) is 0 Å². The van der Waals surface area contributed by atoms with Crippen molar-refractivity contribution in [3.8, 4) is 17.2 Å². The summed E-state index contributed by atoms with van der Waals surface area (Å²) in [6.07, 6.45) is 0.592. The fraction of sp³-hybridized carbons (Fsp3) is 0.348. The van der Waals surface area contributed by atoms with Gasteiger partial charge in [0.1, 0.15) is 25.5 Å². The highest BCUT2D eigenvalue weighted by Gasteiger charge is 2.13. The zero-order chi connectivity index (χ0) is 22.8. The van der Waals surface area contributed by atoms with E-state index in [1.165, 1.54) is 0 Å². The minimum Gasteiger partial charge on any atom is -0.494 e. The third-order valence-corrected chi connectivity index (χ3v) is 4.53. The van der Waals surface area contributed by atoms with Gasteiger partial charge in [0.05, 0.1) is 6.61 Å². The number of amides is 2. The van der Waals surface area contributed by atoms with Crippen LogP contribution in [0.15, 0.2) is 42.5 Å². The molecule has 0 aromatic heterocycles. The molecule has 2 amide bonds. The Balaban J connectivity index is 1.31. The Morgan fingerprint density at radius 3 is 2.47 bits per heavy atom. The number of nitrogens with one attached hydrogen (secondary N) is 2. The van der Waals surface area contributed by atoms with Gasteiger partial charge in [-0.2, -0.15) is 0 Å². The highest BCUT2D eigenvalue weighted by molar-refractivity contribution is 5.96.